The number of halogens is 1. The third-order valence-electron chi connectivity index (χ3n) is 5.03. The molecule has 3 amide bonds. The van der Waals surface area contributed by atoms with Gasteiger partial charge in [-0.25, -0.2) is 0 Å². The van der Waals surface area contributed by atoms with Crippen molar-refractivity contribution < 1.29 is 19.1 Å². The van der Waals surface area contributed by atoms with Crippen LogP contribution < -0.4 is 20.7 Å². The lowest BCUT2D eigenvalue weighted by Gasteiger charge is -2.30. The molecule has 2 aliphatic rings. The second-order valence-electron chi connectivity index (χ2n) is 6.97. The largest absolute Gasteiger partial charge is 0.482 e. The number of primary amides is 1. The third kappa shape index (κ3) is 4.70. The summed E-state index contributed by atoms with van der Waals surface area (Å²) in [5.41, 5.74) is 7.40. The van der Waals surface area contributed by atoms with E-state index in [1.807, 2.05) is 19.1 Å². The molecule has 1 aliphatic heterocycles. The quantitative estimate of drug-likeness (QED) is 0.633. The highest BCUT2D eigenvalue weighted by Gasteiger charge is 2.28. The van der Waals surface area contributed by atoms with E-state index >= 15 is 0 Å². The van der Waals surface area contributed by atoms with Crippen LogP contribution in [0, 0.1) is 0 Å². The van der Waals surface area contributed by atoms with E-state index in [-0.39, 0.29) is 18.4 Å². The van der Waals surface area contributed by atoms with Gasteiger partial charge in [-0.3, -0.25) is 14.4 Å². The standard InChI is InChI=1S/C21H24BrN3O4/c1-2-3-6-9-25-17-11-16(15(22)10-18(17)29-12-19(25)26)24-21(28)14-8-5-4-7-13(14)20(23)27/h2-3,10-11H,4-9,12H2,1H3,(H2,23,27)(H,24,28)/b3-2+. The number of hydrogen-bond acceptors (Lipinski definition) is 4. The summed E-state index contributed by atoms with van der Waals surface area (Å²) in [7, 11) is 0. The van der Waals surface area contributed by atoms with Gasteiger partial charge in [0.05, 0.1) is 11.4 Å². The number of amides is 3. The van der Waals surface area contributed by atoms with Gasteiger partial charge in [-0.2, -0.15) is 0 Å². The number of rotatable bonds is 6. The van der Waals surface area contributed by atoms with Crippen molar-refractivity contribution in [1.29, 1.82) is 0 Å². The Kier molecular flexibility index (Phi) is 6.74. The van der Waals surface area contributed by atoms with Gasteiger partial charge in [0.1, 0.15) is 5.75 Å². The molecule has 1 aromatic carbocycles. The van der Waals surface area contributed by atoms with Crippen LogP contribution in [0.3, 0.4) is 0 Å². The number of ether oxygens (including phenoxy) is 1. The predicted octanol–water partition coefficient (Wildman–Crippen LogP) is 3.44. The number of anilines is 2. The highest BCUT2D eigenvalue weighted by Crippen LogP contribution is 2.40. The minimum Gasteiger partial charge on any atom is -0.482 e. The van der Waals surface area contributed by atoms with E-state index in [1.54, 1.807) is 17.0 Å². The lowest BCUT2D eigenvalue weighted by Crippen LogP contribution is -2.39. The number of carbonyl (C=O) groups excluding carboxylic acids is 3. The van der Waals surface area contributed by atoms with Gasteiger partial charge in [0.15, 0.2) is 6.61 Å². The van der Waals surface area contributed by atoms with Crippen LogP contribution in [0.15, 0.2) is 39.9 Å². The van der Waals surface area contributed by atoms with Crippen molar-refractivity contribution in [3.8, 4) is 5.75 Å². The first-order valence-corrected chi connectivity index (χ1v) is 10.4. The molecule has 0 fully saturated rings. The topological polar surface area (TPSA) is 102 Å². The van der Waals surface area contributed by atoms with Crippen molar-refractivity contribution in [2.24, 2.45) is 5.73 Å². The highest BCUT2D eigenvalue weighted by atomic mass is 79.9. The Labute approximate surface area is 178 Å². The van der Waals surface area contributed by atoms with Crippen molar-refractivity contribution in [2.45, 2.75) is 39.0 Å². The molecule has 3 rings (SSSR count). The summed E-state index contributed by atoms with van der Waals surface area (Å²) in [4.78, 5) is 38.6. The van der Waals surface area contributed by atoms with E-state index < -0.39 is 5.91 Å². The molecule has 0 radical (unpaired) electrons. The third-order valence-corrected chi connectivity index (χ3v) is 5.69. The molecule has 0 aromatic heterocycles. The van der Waals surface area contributed by atoms with Crippen molar-refractivity contribution in [3.05, 3.63) is 39.9 Å². The maximum absolute atomic E-state index is 12.8. The molecule has 3 N–H and O–H groups in total. The van der Waals surface area contributed by atoms with Crippen LogP contribution >= 0.6 is 15.9 Å². The molecule has 1 heterocycles. The van der Waals surface area contributed by atoms with Crippen LogP contribution in [-0.4, -0.2) is 30.9 Å². The first-order chi connectivity index (χ1) is 13.9. The van der Waals surface area contributed by atoms with Crippen LogP contribution in [0.5, 0.6) is 5.75 Å². The Morgan fingerprint density at radius 2 is 2.00 bits per heavy atom. The zero-order valence-electron chi connectivity index (χ0n) is 16.3. The van der Waals surface area contributed by atoms with Crippen LogP contribution in [-0.2, 0) is 14.4 Å². The molecule has 7 nitrogen and oxygen atoms in total. The second kappa shape index (κ2) is 9.26. The molecule has 29 heavy (non-hydrogen) atoms. The number of carbonyl (C=O) groups is 3. The zero-order chi connectivity index (χ0) is 21.0. The molecule has 1 aliphatic carbocycles. The SMILES string of the molecule is C/C=C/CCN1C(=O)COc2cc(Br)c(NC(=O)C3=C(C(N)=O)CCCC3)cc21. The van der Waals surface area contributed by atoms with Gasteiger partial charge in [-0.05, 0) is 67.1 Å². The maximum Gasteiger partial charge on any atom is 0.265 e. The summed E-state index contributed by atoms with van der Waals surface area (Å²) in [5, 5.41) is 2.86. The Balaban J connectivity index is 1.90. The lowest BCUT2D eigenvalue weighted by atomic mass is 9.90. The van der Waals surface area contributed by atoms with Crippen LogP contribution in [0.25, 0.3) is 0 Å². The van der Waals surface area contributed by atoms with E-state index in [9.17, 15) is 14.4 Å². The number of nitrogens with zero attached hydrogens (tertiary/aromatic N) is 1. The normalized spacial score (nSPS) is 16.6. The summed E-state index contributed by atoms with van der Waals surface area (Å²) >= 11 is 3.45. The van der Waals surface area contributed by atoms with Gasteiger partial charge in [-0.1, -0.05) is 12.2 Å². The van der Waals surface area contributed by atoms with E-state index in [0.717, 1.165) is 12.8 Å². The molecule has 154 valence electrons. The van der Waals surface area contributed by atoms with Gasteiger partial charge in [0.2, 0.25) is 5.91 Å². The molecule has 0 unspecified atom stereocenters. The Morgan fingerprint density at radius 3 is 2.69 bits per heavy atom. The van der Waals surface area contributed by atoms with Gasteiger partial charge >= 0.3 is 0 Å². The lowest BCUT2D eigenvalue weighted by molar-refractivity contribution is -0.121. The Morgan fingerprint density at radius 1 is 1.28 bits per heavy atom. The monoisotopic (exact) mass is 461 g/mol. The van der Waals surface area contributed by atoms with Crippen molar-refractivity contribution in [2.75, 3.05) is 23.4 Å². The van der Waals surface area contributed by atoms with Gasteiger partial charge < -0.3 is 20.7 Å². The van der Waals surface area contributed by atoms with E-state index in [1.165, 1.54) is 0 Å². The van der Waals surface area contributed by atoms with Crippen molar-refractivity contribution >= 4 is 45.0 Å². The van der Waals surface area contributed by atoms with E-state index in [0.29, 0.717) is 58.6 Å². The molecule has 8 heteroatoms. The summed E-state index contributed by atoms with van der Waals surface area (Å²) < 4.78 is 6.18. The summed E-state index contributed by atoms with van der Waals surface area (Å²) in [6, 6.07) is 3.46. The van der Waals surface area contributed by atoms with Gasteiger partial charge in [0, 0.05) is 22.2 Å². The predicted molar refractivity (Wildman–Crippen MR) is 115 cm³/mol. The number of fused-ring (bicyclic) bond motifs is 1. The molecule has 1 aromatic rings. The minimum absolute atomic E-state index is 0.0180. The first kappa shape index (κ1) is 21.1. The fourth-order valence-electron chi connectivity index (χ4n) is 3.56. The minimum atomic E-state index is -0.548. The van der Waals surface area contributed by atoms with Crippen molar-refractivity contribution in [1.82, 2.24) is 0 Å². The first-order valence-electron chi connectivity index (χ1n) is 9.63. The number of allylic oxidation sites excluding steroid dienone is 1. The highest BCUT2D eigenvalue weighted by molar-refractivity contribution is 9.10. The number of nitrogens with two attached hydrogens (primary N) is 1. The Hall–Kier alpha value is -2.61. The molecule has 0 atom stereocenters. The summed E-state index contributed by atoms with van der Waals surface area (Å²) in [6.07, 6.45) is 7.37. The zero-order valence-corrected chi connectivity index (χ0v) is 17.9. The van der Waals surface area contributed by atoms with Crippen LogP contribution in [0.4, 0.5) is 11.4 Å². The number of hydrogen-bond donors (Lipinski definition) is 2. The second-order valence-corrected chi connectivity index (χ2v) is 7.83. The molecule has 0 saturated heterocycles. The molecule has 0 bridgehead atoms. The van der Waals surface area contributed by atoms with Gasteiger partial charge in [-0.15, -0.1) is 0 Å². The average molecular weight is 462 g/mol. The molecular weight excluding hydrogens is 438 g/mol. The van der Waals surface area contributed by atoms with E-state index in [2.05, 4.69) is 21.2 Å². The average Bonchev–Trinajstić information content (AvgIpc) is 2.70. The summed E-state index contributed by atoms with van der Waals surface area (Å²) in [5.74, 6) is -0.451. The number of nitrogens with one attached hydrogen (secondary N) is 1. The summed E-state index contributed by atoms with van der Waals surface area (Å²) in [6.45, 7) is 2.43. The van der Waals surface area contributed by atoms with Crippen LogP contribution in [0.1, 0.15) is 39.0 Å². The fraction of sp³-hybridized carbons (Fsp3) is 0.381. The van der Waals surface area contributed by atoms with Crippen LogP contribution in [0.2, 0.25) is 0 Å². The maximum atomic E-state index is 12.8. The van der Waals surface area contributed by atoms with Crippen molar-refractivity contribution in [3.63, 3.8) is 0 Å². The fourth-order valence-corrected chi connectivity index (χ4v) is 3.98. The number of benzene rings is 1. The smallest absolute Gasteiger partial charge is 0.265 e. The van der Waals surface area contributed by atoms with Gasteiger partial charge in [0.25, 0.3) is 11.8 Å². The molecular formula is C21H24BrN3O4. The Bertz CT molecular complexity index is 907. The van der Waals surface area contributed by atoms with E-state index in [4.69, 9.17) is 10.5 Å². The molecule has 0 spiro atoms. The molecule has 0 saturated carbocycles.